The van der Waals surface area contributed by atoms with Crippen molar-refractivity contribution in [1.29, 1.82) is 5.41 Å². The second-order valence-corrected chi connectivity index (χ2v) is 23.4. The molecular formula is C57H41N3O2Si2. The Morgan fingerprint density at radius 1 is 0.375 bits per heavy atom. The van der Waals surface area contributed by atoms with Crippen LogP contribution in [0, 0.1) is 5.41 Å². The largest absolute Gasteiger partial charge is 0.457 e. The first-order chi connectivity index (χ1) is 31.7. The van der Waals surface area contributed by atoms with Crippen LogP contribution in [0.4, 0.5) is 0 Å². The van der Waals surface area contributed by atoms with E-state index in [0.29, 0.717) is 28.5 Å². The zero-order chi connectivity index (χ0) is 42.9. The molecule has 0 unspecified atom stereocenters. The SMILES string of the molecule is N=C(N=C(N=Cc1ccccc1)c1cccc2c1Oc1ccccc1[Si]2(c1ccccc1)c1ccccc1)c1cccc2c1Oc1ccccc1[Si]2(c1ccccc1)c1ccccc1. The number of rotatable bonds is 7. The van der Waals surface area contributed by atoms with E-state index in [9.17, 15) is 5.41 Å². The van der Waals surface area contributed by atoms with Crippen molar-refractivity contribution in [3.63, 3.8) is 0 Å². The zero-order valence-corrected chi connectivity index (χ0v) is 36.8. The lowest BCUT2D eigenvalue weighted by atomic mass is 10.1. The van der Waals surface area contributed by atoms with E-state index in [2.05, 4.69) is 170 Å². The molecule has 0 saturated carbocycles. The minimum atomic E-state index is -2.98. The molecule has 7 heteroatoms. The summed E-state index contributed by atoms with van der Waals surface area (Å²) >= 11 is 0. The van der Waals surface area contributed by atoms with Gasteiger partial charge >= 0.3 is 0 Å². The van der Waals surface area contributed by atoms with Gasteiger partial charge in [0.15, 0.2) is 27.8 Å². The van der Waals surface area contributed by atoms with Crippen LogP contribution in [0.2, 0.25) is 0 Å². The summed E-state index contributed by atoms with van der Waals surface area (Å²) in [7, 11) is -5.94. The third-order valence-corrected chi connectivity index (χ3v) is 22.2. The Morgan fingerprint density at radius 2 is 0.734 bits per heavy atom. The quantitative estimate of drug-likeness (QED) is 0.102. The number of hydrogen-bond donors (Lipinski definition) is 1. The fourth-order valence-corrected chi connectivity index (χ4v) is 19.8. The molecule has 0 saturated heterocycles. The van der Waals surface area contributed by atoms with Gasteiger partial charge in [-0.2, -0.15) is 0 Å². The number of fused-ring (bicyclic) bond motifs is 4. The molecule has 5 nitrogen and oxygen atoms in total. The molecule has 11 rings (SSSR count). The van der Waals surface area contributed by atoms with Crippen LogP contribution in [0.25, 0.3) is 0 Å². The Bertz CT molecular complexity index is 3150. The van der Waals surface area contributed by atoms with Crippen LogP contribution < -0.4 is 51.0 Å². The summed E-state index contributed by atoms with van der Waals surface area (Å²) in [6.45, 7) is 0. The van der Waals surface area contributed by atoms with E-state index >= 15 is 0 Å². The van der Waals surface area contributed by atoms with E-state index in [1.165, 1.54) is 25.9 Å². The molecule has 1 N–H and O–H groups in total. The van der Waals surface area contributed by atoms with Gasteiger partial charge < -0.3 is 9.47 Å². The van der Waals surface area contributed by atoms with Crippen LogP contribution in [-0.4, -0.2) is 34.0 Å². The Hall–Kier alpha value is -7.98. The first-order valence-corrected chi connectivity index (χ1v) is 25.5. The van der Waals surface area contributed by atoms with Crippen LogP contribution in [0.15, 0.2) is 247 Å². The van der Waals surface area contributed by atoms with E-state index in [0.717, 1.165) is 32.6 Å². The Kier molecular flexibility index (Phi) is 9.96. The topological polar surface area (TPSA) is 67.0 Å². The normalized spacial score (nSPS) is 14.2. The van der Waals surface area contributed by atoms with Gasteiger partial charge in [0.25, 0.3) is 0 Å². The van der Waals surface area contributed by atoms with Gasteiger partial charge in [0, 0.05) is 6.21 Å². The van der Waals surface area contributed by atoms with Crippen molar-refractivity contribution in [2.24, 2.45) is 9.98 Å². The lowest BCUT2D eigenvalue weighted by molar-refractivity contribution is 0.486. The molecule has 9 aromatic rings. The summed E-state index contributed by atoms with van der Waals surface area (Å²) in [6, 6.07) is 82.5. The highest BCUT2D eigenvalue weighted by Crippen LogP contribution is 2.35. The number of amidine groups is 2. The Morgan fingerprint density at radius 3 is 1.19 bits per heavy atom. The monoisotopic (exact) mass is 855 g/mol. The standard InChI is InChI=1S/C57H41N3O2Si2/c58-56(46-32-20-38-52-54(46)61-48-34-16-18-36-50(48)63(52,42-24-8-2-9-25-42)43-26-10-3-11-27-43)60-57(59-40-41-22-6-1-7-23-41)47-33-21-39-53-55(47)62-49-35-17-19-37-51(49)64(53,44-28-12-4-13-29-44)45-30-14-5-15-31-45/h1-40,58H. The maximum Gasteiger partial charge on any atom is 0.188 e. The molecule has 0 spiro atoms. The summed E-state index contributed by atoms with van der Waals surface area (Å²) in [6.07, 6.45) is 1.82. The molecule has 9 aromatic carbocycles. The van der Waals surface area contributed by atoms with Crippen molar-refractivity contribution in [3.05, 3.63) is 253 Å². The van der Waals surface area contributed by atoms with E-state index in [-0.39, 0.29) is 5.84 Å². The van der Waals surface area contributed by atoms with Crippen LogP contribution in [-0.2, 0) is 0 Å². The predicted octanol–water partition coefficient (Wildman–Crippen LogP) is 7.54. The van der Waals surface area contributed by atoms with Crippen LogP contribution in [0.1, 0.15) is 16.7 Å². The highest BCUT2D eigenvalue weighted by Gasteiger charge is 2.50. The maximum atomic E-state index is 10.0. The third kappa shape index (κ3) is 6.32. The lowest BCUT2D eigenvalue weighted by Gasteiger charge is -2.40. The highest BCUT2D eigenvalue weighted by atomic mass is 28.3. The molecule has 2 aliphatic rings. The van der Waals surface area contributed by atoms with E-state index in [1.54, 1.807) is 0 Å². The third-order valence-electron chi connectivity index (χ3n) is 12.5. The fourth-order valence-electron chi connectivity index (χ4n) is 9.82. The van der Waals surface area contributed by atoms with E-state index in [4.69, 9.17) is 19.5 Å². The second kappa shape index (κ2) is 16.4. The van der Waals surface area contributed by atoms with Gasteiger partial charge in [-0.25, -0.2) is 9.98 Å². The lowest BCUT2D eigenvalue weighted by Crippen LogP contribution is -2.76. The van der Waals surface area contributed by atoms with Gasteiger partial charge in [0.1, 0.15) is 23.0 Å². The second-order valence-electron chi connectivity index (χ2n) is 16.0. The van der Waals surface area contributed by atoms with Crippen LogP contribution in [0.3, 0.4) is 0 Å². The molecule has 0 atom stereocenters. The summed E-state index contributed by atoms with van der Waals surface area (Å²) in [5.74, 6) is 3.31. The predicted molar refractivity (Wildman–Crippen MR) is 268 cm³/mol. The number of nitrogens with one attached hydrogen (secondary N) is 1. The fraction of sp³-hybridized carbons (Fsp3) is 0. The molecule has 2 heterocycles. The summed E-state index contributed by atoms with van der Waals surface area (Å²) in [5, 5.41) is 19.4. The molecular weight excluding hydrogens is 815 g/mol. The van der Waals surface area contributed by atoms with Crippen molar-refractivity contribution in [1.82, 2.24) is 0 Å². The van der Waals surface area contributed by atoms with Crippen molar-refractivity contribution in [3.8, 4) is 23.0 Å². The molecule has 0 radical (unpaired) electrons. The molecule has 0 aliphatic carbocycles. The molecule has 64 heavy (non-hydrogen) atoms. The zero-order valence-electron chi connectivity index (χ0n) is 34.8. The van der Waals surface area contributed by atoms with Crippen LogP contribution >= 0.6 is 0 Å². The van der Waals surface area contributed by atoms with Gasteiger partial charge in [-0.15, -0.1) is 0 Å². The average Bonchev–Trinajstić information content (AvgIpc) is 3.37. The highest BCUT2D eigenvalue weighted by molar-refractivity contribution is 7.21. The number of nitrogens with zero attached hydrogens (tertiary/aromatic N) is 2. The smallest absolute Gasteiger partial charge is 0.188 e. The first-order valence-electron chi connectivity index (χ1n) is 21.5. The molecule has 0 fully saturated rings. The number of benzene rings is 9. The summed E-state index contributed by atoms with van der Waals surface area (Å²) < 4.78 is 14.0. The molecule has 304 valence electrons. The van der Waals surface area contributed by atoms with Crippen molar-refractivity contribution in [2.75, 3.05) is 0 Å². The first kappa shape index (κ1) is 38.9. The maximum absolute atomic E-state index is 10.0. The van der Waals surface area contributed by atoms with E-state index < -0.39 is 16.1 Å². The van der Waals surface area contributed by atoms with E-state index in [1.807, 2.05) is 72.9 Å². The van der Waals surface area contributed by atoms with Gasteiger partial charge in [-0.1, -0.05) is 212 Å². The average molecular weight is 856 g/mol. The Labute approximate surface area is 374 Å². The number of hydrogen-bond acceptors (Lipinski definition) is 3. The molecule has 0 bridgehead atoms. The number of aliphatic imine (C=N–C) groups is 2. The molecule has 0 amide bonds. The van der Waals surface area contributed by atoms with Crippen molar-refractivity contribution in [2.45, 2.75) is 0 Å². The van der Waals surface area contributed by atoms with Gasteiger partial charge in [-0.05, 0) is 71.3 Å². The minimum Gasteiger partial charge on any atom is -0.457 e. The summed E-state index contributed by atoms with van der Waals surface area (Å²) in [4.78, 5) is 10.4. The van der Waals surface area contributed by atoms with Crippen molar-refractivity contribution >= 4 is 75.5 Å². The van der Waals surface area contributed by atoms with Gasteiger partial charge in [0.2, 0.25) is 0 Å². The number of para-hydroxylation sites is 4. The minimum absolute atomic E-state index is 0.0314. The van der Waals surface area contributed by atoms with Crippen molar-refractivity contribution < 1.29 is 9.47 Å². The molecule has 2 aliphatic heterocycles. The molecule has 0 aromatic heterocycles. The summed E-state index contributed by atoms with van der Waals surface area (Å²) in [5.41, 5.74) is 2.19. The van der Waals surface area contributed by atoms with Gasteiger partial charge in [0.05, 0.1) is 11.1 Å². The van der Waals surface area contributed by atoms with Gasteiger partial charge in [-0.3, -0.25) is 5.41 Å². The Balaban J connectivity index is 1.14. The number of ether oxygens (including phenoxy) is 2. The van der Waals surface area contributed by atoms with Crippen LogP contribution in [0.5, 0.6) is 23.0 Å².